The van der Waals surface area contributed by atoms with E-state index in [4.69, 9.17) is 5.73 Å². The molecule has 26 heavy (non-hydrogen) atoms. The van der Waals surface area contributed by atoms with Crippen LogP contribution in [0.3, 0.4) is 0 Å². The van der Waals surface area contributed by atoms with Gasteiger partial charge in [-0.2, -0.15) is 0 Å². The molecule has 0 spiro atoms. The number of nitrogens with two attached hydrogens (primary N) is 1. The molecule has 0 atom stereocenters. The molecule has 1 aliphatic heterocycles. The Hall–Kier alpha value is -3.09. The maximum absolute atomic E-state index is 11.3. The Morgan fingerprint density at radius 1 is 1.19 bits per heavy atom. The fourth-order valence-corrected chi connectivity index (χ4v) is 3.04. The maximum atomic E-state index is 11.3. The van der Waals surface area contributed by atoms with Crippen molar-refractivity contribution in [3.05, 3.63) is 59.8 Å². The van der Waals surface area contributed by atoms with E-state index in [1.54, 1.807) is 13.1 Å². The third kappa shape index (κ3) is 4.30. The predicted octanol–water partition coefficient (Wildman–Crippen LogP) is 1.08. The van der Waals surface area contributed by atoms with Crippen molar-refractivity contribution in [3.63, 3.8) is 0 Å². The van der Waals surface area contributed by atoms with E-state index in [9.17, 15) is 4.79 Å². The number of anilines is 1. The summed E-state index contributed by atoms with van der Waals surface area (Å²) in [6.07, 6.45) is 1.82. The smallest absolute Gasteiger partial charge is 0.248 e. The molecule has 7 heteroatoms. The Kier molecular flexibility index (Phi) is 5.68. The fraction of sp³-hybridized carbons (Fsp3) is 0.316. The van der Waals surface area contributed by atoms with Crippen molar-refractivity contribution < 1.29 is 4.79 Å². The molecule has 1 saturated heterocycles. The Bertz CT molecular complexity index is 769. The number of carbonyl (C=O) groups is 1. The van der Waals surface area contributed by atoms with E-state index in [1.807, 2.05) is 42.6 Å². The van der Waals surface area contributed by atoms with Crippen molar-refractivity contribution in [2.24, 2.45) is 10.7 Å². The minimum atomic E-state index is -0.415. The number of carbonyl (C=O) groups excluding carboxylic acids is 1. The number of piperazine rings is 1. The van der Waals surface area contributed by atoms with Crippen molar-refractivity contribution in [2.45, 2.75) is 6.54 Å². The van der Waals surface area contributed by atoms with Gasteiger partial charge in [0.2, 0.25) is 5.91 Å². The second kappa shape index (κ2) is 8.33. The standard InChI is InChI=1S/C19H24N6O/c1-21-19(23-14-15-5-4-6-16(13-15)18(20)26)25-11-9-24(10-12-25)17-7-2-3-8-22-17/h2-8,13H,9-12,14H2,1H3,(H2,20,26)(H,21,23). The average Bonchev–Trinajstić information content (AvgIpc) is 2.70. The minimum Gasteiger partial charge on any atom is -0.366 e. The number of nitrogens with zero attached hydrogens (tertiary/aromatic N) is 4. The average molecular weight is 352 g/mol. The van der Waals surface area contributed by atoms with Crippen molar-refractivity contribution in [3.8, 4) is 0 Å². The van der Waals surface area contributed by atoms with Gasteiger partial charge in [-0.3, -0.25) is 9.79 Å². The molecule has 1 amide bonds. The Labute approximate surface area is 153 Å². The van der Waals surface area contributed by atoms with Crippen LogP contribution in [-0.4, -0.2) is 55.0 Å². The van der Waals surface area contributed by atoms with E-state index in [0.717, 1.165) is 43.5 Å². The van der Waals surface area contributed by atoms with Crippen LogP contribution in [0.15, 0.2) is 53.7 Å². The lowest BCUT2D eigenvalue weighted by atomic mass is 10.1. The van der Waals surface area contributed by atoms with E-state index in [1.165, 1.54) is 0 Å². The second-order valence-corrected chi connectivity index (χ2v) is 6.13. The summed E-state index contributed by atoms with van der Waals surface area (Å²) in [6, 6.07) is 13.3. The molecule has 3 rings (SSSR count). The summed E-state index contributed by atoms with van der Waals surface area (Å²) in [4.78, 5) is 24.6. The first-order valence-corrected chi connectivity index (χ1v) is 8.67. The van der Waals surface area contributed by atoms with Crippen molar-refractivity contribution in [1.82, 2.24) is 15.2 Å². The first-order chi connectivity index (χ1) is 12.7. The van der Waals surface area contributed by atoms with Crippen LogP contribution in [-0.2, 0) is 6.54 Å². The number of nitrogens with one attached hydrogen (secondary N) is 1. The molecule has 1 aromatic carbocycles. The van der Waals surface area contributed by atoms with Gasteiger partial charge in [0.15, 0.2) is 5.96 Å². The number of pyridine rings is 1. The lowest BCUT2D eigenvalue weighted by Gasteiger charge is -2.37. The first-order valence-electron chi connectivity index (χ1n) is 8.67. The number of aliphatic imine (C=N–C) groups is 1. The molecule has 1 fully saturated rings. The van der Waals surface area contributed by atoms with Gasteiger partial charge in [0, 0.05) is 51.5 Å². The monoisotopic (exact) mass is 352 g/mol. The predicted molar refractivity (Wildman–Crippen MR) is 103 cm³/mol. The zero-order valence-corrected chi connectivity index (χ0v) is 14.9. The molecule has 0 unspecified atom stereocenters. The third-order valence-corrected chi connectivity index (χ3v) is 4.43. The van der Waals surface area contributed by atoms with E-state index in [2.05, 4.69) is 25.1 Å². The van der Waals surface area contributed by atoms with Gasteiger partial charge in [-0.15, -0.1) is 0 Å². The summed E-state index contributed by atoms with van der Waals surface area (Å²) in [5, 5.41) is 3.37. The summed E-state index contributed by atoms with van der Waals surface area (Å²) in [6.45, 7) is 4.13. The summed E-state index contributed by atoms with van der Waals surface area (Å²) < 4.78 is 0. The number of hydrogen-bond donors (Lipinski definition) is 2. The van der Waals surface area contributed by atoms with Crippen LogP contribution in [0.25, 0.3) is 0 Å². The number of hydrogen-bond acceptors (Lipinski definition) is 4. The number of benzene rings is 1. The first kappa shape index (κ1) is 17.7. The quantitative estimate of drug-likeness (QED) is 0.635. The molecule has 2 heterocycles. The normalized spacial score (nSPS) is 15.0. The highest BCUT2D eigenvalue weighted by Crippen LogP contribution is 2.12. The topological polar surface area (TPSA) is 86.8 Å². The zero-order valence-electron chi connectivity index (χ0n) is 14.9. The molecule has 1 aromatic heterocycles. The van der Waals surface area contributed by atoms with Crippen LogP contribution >= 0.6 is 0 Å². The van der Waals surface area contributed by atoms with Gasteiger partial charge in [0.1, 0.15) is 5.82 Å². The molecule has 0 saturated carbocycles. The molecule has 136 valence electrons. The van der Waals surface area contributed by atoms with Gasteiger partial charge in [-0.25, -0.2) is 4.98 Å². The fourth-order valence-electron chi connectivity index (χ4n) is 3.04. The van der Waals surface area contributed by atoms with Gasteiger partial charge in [0.25, 0.3) is 0 Å². The van der Waals surface area contributed by atoms with Crippen LogP contribution in [0.1, 0.15) is 15.9 Å². The molecule has 0 aliphatic carbocycles. The van der Waals surface area contributed by atoms with Crippen molar-refractivity contribution >= 4 is 17.7 Å². The molecule has 1 aliphatic rings. The lowest BCUT2D eigenvalue weighted by Crippen LogP contribution is -2.52. The van der Waals surface area contributed by atoms with Crippen LogP contribution in [0.2, 0.25) is 0 Å². The Morgan fingerprint density at radius 3 is 2.65 bits per heavy atom. The molecule has 2 aromatic rings. The highest BCUT2D eigenvalue weighted by molar-refractivity contribution is 5.92. The number of rotatable bonds is 4. The van der Waals surface area contributed by atoms with Gasteiger partial charge >= 0.3 is 0 Å². The van der Waals surface area contributed by atoms with E-state index in [-0.39, 0.29) is 0 Å². The molecular formula is C19H24N6O. The van der Waals surface area contributed by atoms with Crippen LogP contribution in [0.5, 0.6) is 0 Å². The minimum absolute atomic E-state index is 0.415. The summed E-state index contributed by atoms with van der Waals surface area (Å²) >= 11 is 0. The van der Waals surface area contributed by atoms with Gasteiger partial charge in [0.05, 0.1) is 0 Å². The number of primary amides is 1. The molecule has 0 radical (unpaired) electrons. The van der Waals surface area contributed by atoms with Gasteiger partial charge in [-0.05, 0) is 29.8 Å². The highest BCUT2D eigenvalue weighted by Gasteiger charge is 2.20. The highest BCUT2D eigenvalue weighted by atomic mass is 16.1. The van der Waals surface area contributed by atoms with Crippen LogP contribution < -0.4 is 16.0 Å². The largest absolute Gasteiger partial charge is 0.366 e. The van der Waals surface area contributed by atoms with Crippen molar-refractivity contribution in [1.29, 1.82) is 0 Å². The third-order valence-electron chi connectivity index (χ3n) is 4.43. The molecular weight excluding hydrogens is 328 g/mol. The van der Waals surface area contributed by atoms with Crippen LogP contribution in [0, 0.1) is 0 Å². The van der Waals surface area contributed by atoms with Gasteiger partial charge < -0.3 is 20.9 Å². The lowest BCUT2D eigenvalue weighted by molar-refractivity contribution is 0.1000. The molecule has 7 nitrogen and oxygen atoms in total. The number of guanidine groups is 1. The summed E-state index contributed by atoms with van der Waals surface area (Å²) in [5.74, 6) is 1.45. The maximum Gasteiger partial charge on any atom is 0.248 e. The van der Waals surface area contributed by atoms with E-state index < -0.39 is 5.91 Å². The number of amides is 1. The van der Waals surface area contributed by atoms with E-state index >= 15 is 0 Å². The van der Waals surface area contributed by atoms with E-state index in [0.29, 0.717) is 12.1 Å². The summed E-state index contributed by atoms with van der Waals surface area (Å²) in [5.41, 5.74) is 6.85. The molecule has 0 bridgehead atoms. The molecule has 3 N–H and O–H groups in total. The van der Waals surface area contributed by atoms with Gasteiger partial charge in [-0.1, -0.05) is 18.2 Å². The number of aromatic nitrogens is 1. The second-order valence-electron chi connectivity index (χ2n) is 6.13. The SMILES string of the molecule is CN=C(NCc1cccc(C(N)=O)c1)N1CCN(c2ccccn2)CC1. The van der Waals surface area contributed by atoms with Crippen LogP contribution in [0.4, 0.5) is 5.82 Å². The Morgan fingerprint density at radius 2 is 2.00 bits per heavy atom. The summed E-state index contributed by atoms with van der Waals surface area (Å²) in [7, 11) is 1.79. The Balaban J connectivity index is 1.55. The zero-order chi connectivity index (χ0) is 18.4. The van der Waals surface area contributed by atoms with Crippen molar-refractivity contribution in [2.75, 3.05) is 38.1 Å².